The van der Waals surface area contributed by atoms with Crippen molar-refractivity contribution in [1.29, 1.82) is 0 Å². The number of carbonyl (C=O) groups is 1. The van der Waals surface area contributed by atoms with Gasteiger partial charge in [0.05, 0.1) is 12.8 Å². The first-order valence-corrected chi connectivity index (χ1v) is 7.15. The zero-order valence-electron chi connectivity index (χ0n) is 13.0. The zero-order valence-corrected chi connectivity index (χ0v) is 13.0. The van der Waals surface area contributed by atoms with Gasteiger partial charge < -0.3 is 14.5 Å². The molecule has 0 spiro atoms. The van der Waals surface area contributed by atoms with Gasteiger partial charge in [0.2, 0.25) is 6.41 Å². The van der Waals surface area contributed by atoms with Crippen molar-refractivity contribution in [2.24, 2.45) is 5.92 Å². The molecule has 20 heavy (non-hydrogen) atoms. The van der Waals surface area contributed by atoms with Gasteiger partial charge in [-0.05, 0) is 18.1 Å². The molecule has 1 amide bonds. The molecule has 112 valence electrons. The van der Waals surface area contributed by atoms with Crippen LogP contribution in [0.25, 0.3) is 0 Å². The molecule has 1 saturated heterocycles. The van der Waals surface area contributed by atoms with Gasteiger partial charge in [-0.2, -0.15) is 0 Å². The van der Waals surface area contributed by atoms with Crippen molar-refractivity contribution in [1.82, 2.24) is 4.90 Å². The molecule has 1 heterocycles. The van der Waals surface area contributed by atoms with Gasteiger partial charge in [-0.25, -0.2) is 0 Å². The van der Waals surface area contributed by atoms with Crippen LogP contribution in [0.3, 0.4) is 0 Å². The third kappa shape index (κ3) is 5.11. The van der Waals surface area contributed by atoms with Gasteiger partial charge in [-0.15, -0.1) is 0 Å². The van der Waals surface area contributed by atoms with E-state index in [-0.39, 0.29) is 0 Å². The van der Waals surface area contributed by atoms with Crippen LogP contribution in [0.2, 0.25) is 0 Å². The Hall–Kier alpha value is -1.71. The van der Waals surface area contributed by atoms with Gasteiger partial charge in [0.1, 0.15) is 5.75 Å². The normalized spacial score (nSPS) is 14.7. The highest BCUT2D eigenvalue weighted by atomic mass is 16.5. The monoisotopic (exact) mass is 278 g/mol. The van der Waals surface area contributed by atoms with Crippen LogP contribution in [0, 0.1) is 5.92 Å². The van der Waals surface area contributed by atoms with Crippen molar-refractivity contribution in [3.05, 3.63) is 24.3 Å². The maximum atomic E-state index is 10.6. The van der Waals surface area contributed by atoms with Crippen LogP contribution < -0.4 is 9.64 Å². The predicted molar refractivity (Wildman–Crippen MR) is 83.4 cm³/mol. The Labute approximate surface area is 122 Å². The van der Waals surface area contributed by atoms with E-state index in [1.807, 2.05) is 18.2 Å². The number of hydrogen-bond donors (Lipinski definition) is 0. The summed E-state index contributed by atoms with van der Waals surface area (Å²) in [5, 5.41) is 0. The number of carbonyl (C=O) groups excluding carboxylic acids is 1. The molecule has 0 bridgehead atoms. The summed E-state index contributed by atoms with van der Waals surface area (Å²) < 4.78 is 5.33. The third-order valence-corrected chi connectivity index (χ3v) is 2.89. The summed E-state index contributed by atoms with van der Waals surface area (Å²) in [4.78, 5) is 14.7. The smallest absolute Gasteiger partial charge is 0.209 e. The number of hydrogen-bond acceptors (Lipinski definition) is 3. The molecule has 4 nitrogen and oxygen atoms in total. The number of anilines is 1. The fraction of sp³-hybridized carbons (Fsp3) is 0.562. The summed E-state index contributed by atoms with van der Waals surface area (Å²) in [6, 6.07) is 7.98. The Balaban J connectivity index is 0.000000444. The minimum Gasteiger partial charge on any atom is -0.495 e. The van der Waals surface area contributed by atoms with Crippen LogP contribution in [0.1, 0.15) is 20.8 Å². The predicted octanol–water partition coefficient (Wildman–Crippen LogP) is 2.64. The van der Waals surface area contributed by atoms with Crippen molar-refractivity contribution in [2.75, 3.05) is 38.2 Å². The average Bonchev–Trinajstić information content (AvgIpc) is 2.47. The van der Waals surface area contributed by atoms with Crippen LogP contribution in [0.15, 0.2) is 24.3 Å². The molecule has 1 aliphatic rings. The molecule has 0 saturated carbocycles. The molecule has 1 aromatic carbocycles. The lowest BCUT2D eigenvalue weighted by Gasteiger charge is -2.34. The molecule has 0 aromatic heterocycles. The maximum absolute atomic E-state index is 10.6. The van der Waals surface area contributed by atoms with Crippen LogP contribution in [-0.4, -0.2) is 44.6 Å². The van der Waals surface area contributed by atoms with Crippen molar-refractivity contribution in [3.63, 3.8) is 0 Å². The third-order valence-electron chi connectivity index (χ3n) is 2.89. The minimum absolute atomic E-state index is 0.779. The number of piperazine rings is 1. The van der Waals surface area contributed by atoms with E-state index in [0.29, 0.717) is 0 Å². The van der Waals surface area contributed by atoms with Gasteiger partial charge in [0.15, 0.2) is 0 Å². The average molecular weight is 278 g/mol. The fourth-order valence-corrected chi connectivity index (χ4v) is 1.96. The second-order valence-corrected chi connectivity index (χ2v) is 5.53. The van der Waals surface area contributed by atoms with E-state index in [1.54, 1.807) is 12.0 Å². The Kier molecular flexibility index (Phi) is 6.91. The number of para-hydroxylation sites is 2. The SMILES string of the molecule is CC(C)C.COc1ccccc1N1CCN(C=O)CC1. The van der Waals surface area contributed by atoms with E-state index in [1.165, 1.54) is 0 Å². The van der Waals surface area contributed by atoms with Crippen molar-refractivity contribution >= 4 is 12.1 Å². The van der Waals surface area contributed by atoms with Crippen molar-refractivity contribution in [2.45, 2.75) is 20.8 Å². The molecular weight excluding hydrogens is 252 g/mol. The van der Waals surface area contributed by atoms with E-state index in [0.717, 1.165) is 49.9 Å². The first-order valence-electron chi connectivity index (χ1n) is 7.15. The second kappa shape index (κ2) is 8.46. The standard InChI is InChI=1S/C12H16N2O2.C4H10/c1-16-12-5-3-2-4-11(12)14-8-6-13(10-15)7-9-14;1-4(2)3/h2-5,10H,6-9H2,1H3;4H,1-3H3. The zero-order chi connectivity index (χ0) is 15.0. The first-order chi connectivity index (χ1) is 9.58. The van der Waals surface area contributed by atoms with E-state index in [4.69, 9.17) is 4.74 Å². The summed E-state index contributed by atoms with van der Waals surface area (Å²) in [6.45, 7) is 9.78. The number of rotatable bonds is 3. The number of methoxy groups -OCH3 is 1. The number of nitrogens with zero attached hydrogens (tertiary/aromatic N) is 2. The topological polar surface area (TPSA) is 32.8 Å². The fourth-order valence-electron chi connectivity index (χ4n) is 1.96. The highest BCUT2D eigenvalue weighted by Gasteiger charge is 2.17. The Bertz CT molecular complexity index is 396. The molecule has 4 heteroatoms. The highest BCUT2D eigenvalue weighted by Crippen LogP contribution is 2.28. The Morgan fingerprint density at radius 3 is 2.15 bits per heavy atom. The van der Waals surface area contributed by atoms with E-state index in [9.17, 15) is 4.79 Å². The molecule has 1 aromatic rings. The lowest BCUT2D eigenvalue weighted by atomic mass is 10.2. The van der Waals surface area contributed by atoms with Crippen LogP contribution in [-0.2, 0) is 4.79 Å². The molecule has 0 unspecified atom stereocenters. The Morgan fingerprint density at radius 1 is 1.10 bits per heavy atom. The lowest BCUT2D eigenvalue weighted by molar-refractivity contribution is -0.118. The highest BCUT2D eigenvalue weighted by molar-refractivity contribution is 5.59. The van der Waals surface area contributed by atoms with Gasteiger partial charge >= 0.3 is 0 Å². The van der Waals surface area contributed by atoms with Gasteiger partial charge in [0, 0.05) is 26.2 Å². The molecule has 2 rings (SSSR count). The number of benzene rings is 1. The minimum atomic E-state index is 0.779. The van der Waals surface area contributed by atoms with Gasteiger partial charge in [0.25, 0.3) is 0 Å². The molecule has 0 N–H and O–H groups in total. The summed E-state index contributed by atoms with van der Waals surface area (Å²) in [5.74, 6) is 1.72. The number of ether oxygens (including phenoxy) is 1. The molecule has 1 fully saturated rings. The van der Waals surface area contributed by atoms with Crippen molar-refractivity contribution < 1.29 is 9.53 Å². The van der Waals surface area contributed by atoms with E-state index >= 15 is 0 Å². The summed E-state index contributed by atoms with van der Waals surface area (Å²) in [6.07, 6.45) is 0.916. The molecule has 0 aliphatic carbocycles. The summed E-state index contributed by atoms with van der Waals surface area (Å²) in [5.41, 5.74) is 1.11. The molecule has 0 radical (unpaired) electrons. The van der Waals surface area contributed by atoms with Crippen LogP contribution in [0.4, 0.5) is 5.69 Å². The lowest BCUT2D eigenvalue weighted by Crippen LogP contribution is -2.45. The summed E-state index contributed by atoms with van der Waals surface area (Å²) in [7, 11) is 1.68. The molecule has 1 aliphatic heterocycles. The van der Waals surface area contributed by atoms with E-state index in [2.05, 4.69) is 31.7 Å². The van der Waals surface area contributed by atoms with E-state index < -0.39 is 0 Å². The van der Waals surface area contributed by atoms with Crippen molar-refractivity contribution in [3.8, 4) is 5.75 Å². The van der Waals surface area contributed by atoms with Gasteiger partial charge in [-0.1, -0.05) is 32.9 Å². The van der Waals surface area contributed by atoms with Gasteiger partial charge in [-0.3, -0.25) is 4.79 Å². The first kappa shape index (κ1) is 16.3. The summed E-state index contributed by atoms with van der Waals surface area (Å²) >= 11 is 0. The quantitative estimate of drug-likeness (QED) is 0.797. The number of amides is 1. The molecule has 0 atom stereocenters. The maximum Gasteiger partial charge on any atom is 0.209 e. The van der Waals surface area contributed by atoms with Crippen LogP contribution >= 0.6 is 0 Å². The van der Waals surface area contributed by atoms with Crippen LogP contribution in [0.5, 0.6) is 5.75 Å². The second-order valence-electron chi connectivity index (χ2n) is 5.53. The molecular formula is C16H26N2O2. The Morgan fingerprint density at radius 2 is 1.65 bits per heavy atom. The largest absolute Gasteiger partial charge is 0.495 e.